The summed E-state index contributed by atoms with van der Waals surface area (Å²) in [7, 11) is 0. The number of anilines is 2. The molecule has 69 heavy (non-hydrogen) atoms. The van der Waals surface area contributed by atoms with Crippen LogP contribution in [0.3, 0.4) is 0 Å². The summed E-state index contributed by atoms with van der Waals surface area (Å²) in [6.45, 7) is 0. The molecule has 2 nitrogen and oxygen atoms in total. The van der Waals surface area contributed by atoms with Gasteiger partial charge in [-0.2, -0.15) is 0 Å². The topological polar surface area (TPSA) is 8.17 Å². The van der Waals surface area contributed by atoms with Gasteiger partial charge in [0.25, 0.3) is 0 Å². The second kappa shape index (κ2) is 17.1. The molecular formula is C67H52N2. The van der Waals surface area contributed by atoms with Gasteiger partial charge >= 0.3 is 0 Å². The first kappa shape index (κ1) is 41.0. The average molecular weight is 885 g/mol. The molecule has 1 aromatic heterocycles. The van der Waals surface area contributed by atoms with Crippen LogP contribution in [0.15, 0.2) is 260 Å². The molecule has 3 aliphatic carbocycles. The molecule has 10 aromatic rings. The molecule has 0 saturated carbocycles. The Morgan fingerprint density at radius 3 is 1.91 bits per heavy atom. The first-order valence-electron chi connectivity index (χ1n) is 24.7. The van der Waals surface area contributed by atoms with Crippen molar-refractivity contribution in [1.29, 1.82) is 0 Å². The first-order chi connectivity index (χ1) is 34.2. The lowest BCUT2D eigenvalue weighted by Gasteiger charge is -2.38. The van der Waals surface area contributed by atoms with Crippen LogP contribution in [0.1, 0.15) is 60.3 Å². The Balaban J connectivity index is 0.937. The van der Waals surface area contributed by atoms with Crippen molar-refractivity contribution in [3.8, 4) is 39.1 Å². The predicted octanol–water partition coefficient (Wildman–Crippen LogP) is 17.7. The van der Waals surface area contributed by atoms with Crippen molar-refractivity contribution in [2.24, 2.45) is 0 Å². The molecule has 0 radical (unpaired) electrons. The number of para-hydroxylation sites is 2. The maximum atomic E-state index is 2.57. The second-order valence-electron chi connectivity index (χ2n) is 19.0. The quantitative estimate of drug-likeness (QED) is 0.131. The molecule has 13 rings (SSSR count). The minimum absolute atomic E-state index is 0.332. The van der Waals surface area contributed by atoms with Crippen molar-refractivity contribution < 1.29 is 0 Å². The van der Waals surface area contributed by atoms with Crippen molar-refractivity contribution in [2.45, 2.75) is 43.4 Å². The van der Waals surface area contributed by atoms with Crippen LogP contribution in [0.25, 0.3) is 60.9 Å². The Bertz CT molecular complexity index is 3650. The molecule has 0 fully saturated rings. The van der Waals surface area contributed by atoms with Gasteiger partial charge in [-0.15, -0.1) is 0 Å². The average Bonchev–Trinajstić information content (AvgIpc) is 3.92. The highest BCUT2D eigenvalue weighted by Gasteiger charge is 2.47. The van der Waals surface area contributed by atoms with Gasteiger partial charge in [0.05, 0.1) is 16.4 Å². The lowest BCUT2D eigenvalue weighted by atomic mass is 9.65. The van der Waals surface area contributed by atoms with Crippen LogP contribution in [0.5, 0.6) is 0 Å². The van der Waals surface area contributed by atoms with Crippen molar-refractivity contribution in [1.82, 2.24) is 4.57 Å². The number of fused-ring (bicyclic) bond motifs is 6. The van der Waals surface area contributed by atoms with Crippen molar-refractivity contribution in [2.75, 3.05) is 4.90 Å². The smallest absolute Gasteiger partial charge is 0.0674 e. The highest BCUT2D eigenvalue weighted by Crippen LogP contribution is 2.59. The third-order valence-corrected chi connectivity index (χ3v) is 15.2. The van der Waals surface area contributed by atoms with E-state index in [1.807, 2.05) is 0 Å². The lowest BCUT2D eigenvalue weighted by Crippen LogP contribution is -2.31. The van der Waals surface area contributed by atoms with E-state index < -0.39 is 0 Å². The zero-order valence-electron chi connectivity index (χ0n) is 38.7. The standard InChI is InChI=1S/C67H52N2/c1-5-19-47(20-6-1)48-35-38-56(39-36-48)68(58-40-41-60-59-31-13-15-33-63(59)67(64(60)46-58,53-24-7-2-8-25-53)54-26-9-3-10-27-54)57-30-18-23-51(44-57)49-21-17-22-50(43-49)52-37-42-66-62(45-52)61-32-14-16-34-65(61)69(66)55-28-11-4-12-29-55/h1-2,4-8,11-26,28-35,37-46,48H,3,9-10,27,36H2. The molecule has 0 bridgehead atoms. The third kappa shape index (κ3) is 6.93. The Morgan fingerprint density at radius 1 is 0.464 bits per heavy atom. The monoisotopic (exact) mass is 884 g/mol. The highest BCUT2D eigenvalue weighted by molar-refractivity contribution is 6.10. The zero-order chi connectivity index (χ0) is 45.7. The SMILES string of the molecule is C1=CC(c2ccccc2)CC=C1N(c1cccc(-c2cccc(-c3ccc4c(c3)c3ccccc3n4-c3ccccc3)c2)c1)c1ccc2c(c1)C(C1=CCCCC1)(c1ccccc1)c1ccccc1-2. The molecule has 0 saturated heterocycles. The molecule has 330 valence electrons. The van der Waals surface area contributed by atoms with Crippen molar-refractivity contribution in [3.63, 3.8) is 0 Å². The molecule has 2 unspecified atom stereocenters. The van der Waals surface area contributed by atoms with E-state index in [1.54, 1.807) is 0 Å². The van der Waals surface area contributed by atoms with Gasteiger partial charge in [-0.05, 0) is 154 Å². The first-order valence-corrected chi connectivity index (χ1v) is 24.7. The van der Waals surface area contributed by atoms with Crippen LogP contribution in [0.2, 0.25) is 0 Å². The molecule has 9 aromatic carbocycles. The van der Waals surface area contributed by atoms with Crippen LogP contribution in [0.4, 0.5) is 11.4 Å². The maximum absolute atomic E-state index is 2.57. The molecule has 3 aliphatic rings. The van der Waals surface area contributed by atoms with Crippen molar-refractivity contribution >= 4 is 33.2 Å². The van der Waals surface area contributed by atoms with Gasteiger partial charge in [0.15, 0.2) is 0 Å². The van der Waals surface area contributed by atoms with Crippen molar-refractivity contribution in [3.05, 3.63) is 282 Å². The molecule has 0 spiro atoms. The van der Waals surface area contributed by atoms with Crippen LogP contribution >= 0.6 is 0 Å². The minimum Gasteiger partial charge on any atom is -0.311 e. The molecule has 0 amide bonds. The van der Waals surface area contributed by atoms with E-state index in [1.165, 1.54) is 113 Å². The van der Waals surface area contributed by atoms with E-state index in [0.717, 1.165) is 24.9 Å². The summed E-state index contributed by atoms with van der Waals surface area (Å²) >= 11 is 0. The number of rotatable bonds is 9. The summed E-state index contributed by atoms with van der Waals surface area (Å²) in [5.74, 6) is 0.332. The predicted molar refractivity (Wildman–Crippen MR) is 290 cm³/mol. The maximum Gasteiger partial charge on any atom is 0.0674 e. The number of benzene rings is 9. The summed E-state index contributed by atoms with van der Waals surface area (Å²) in [6, 6.07) is 83.5. The normalized spacial score (nSPS) is 17.3. The Morgan fingerprint density at radius 2 is 1.13 bits per heavy atom. The van der Waals surface area contributed by atoms with Gasteiger partial charge in [-0.1, -0.05) is 188 Å². The fourth-order valence-corrected chi connectivity index (χ4v) is 12.0. The summed E-state index contributed by atoms with van der Waals surface area (Å²) < 4.78 is 2.38. The largest absolute Gasteiger partial charge is 0.311 e. The van der Waals surface area contributed by atoms with E-state index in [-0.39, 0.29) is 5.41 Å². The van der Waals surface area contributed by atoms with E-state index >= 15 is 0 Å². The third-order valence-electron chi connectivity index (χ3n) is 15.2. The number of aromatic nitrogens is 1. The Labute approximate surface area is 405 Å². The van der Waals surface area contributed by atoms with E-state index in [2.05, 4.69) is 258 Å². The summed E-state index contributed by atoms with van der Waals surface area (Å²) in [5.41, 5.74) is 21.2. The van der Waals surface area contributed by atoms with Crippen LogP contribution in [-0.2, 0) is 5.41 Å². The second-order valence-corrected chi connectivity index (χ2v) is 19.0. The number of nitrogens with zero attached hydrogens (tertiary/aromatic N) is 2. The van der Waals surface area contributed by atoms with Gasteiger partial charge < -0.3 is 9.47 Å². The summed E-state index contributed by atoms with van der Waals surface area (Å²) in [6.07, 6.45) is 15.4. The fraction of sp³-hybridized carbons (Fsp3) is 0.104. The van der Waals surface area contributed by atoms with Gasteiger partial charge in [0.1, 0.15) is 0 Å². The number of allylic oxidation sites excluding steroid dienone is 5. The van der Waals surface area contributed by atoms with E-state index in [9.17, 15) is 0 Å². The molecule has 0 N–H and O–H groups in total. The molecule has 1 heterocycles. The van der Waals surface area contributed by atoms with Crippen LogP contribution in [-0.4, -0.2) is 4.57 Å². The Kier molecular flexibility index (Phi) is 10.2. The van der Waals surface area contributed by atoms with Gasteiger partial charge in [-0.3, -0.25) is 0 Å². The van der Waals surface area contributed by atoms with E-state index in [4.69, 9.17) is 0 Å². The van der Waals surface area contributed by atoms with Crippen LogP contribution < -0.4 is 4.90 Å². The van der Waals surface area contributed by atoms with Crippen LogP contribution in [0, 0.1) is 0 Å². The van der Waals surface area contributed by atoms with Gasteiger partial charge in [0.2, 0.25) is 0 Å². The number of hydrogen-bond acceptors (Lipinski definition) is 1. The number of hydrogen-bond donors (Lipinski definition) is 0. The molecule has 0 aliphatic heterocycles. The van der Waals surface area contributed by atoms with Gasteiger partial charge in [0, 0.05) is 39.4 Å². The summed E-state index contributed by atoms with van der Waals surface area (Å²) in [4.78, 5) is 2.51. The molecule has 2 atom stereocenters. The Hall–Kier alpha value is -8.20. The van der Waals surface area contributed by atoms with Gasteiger partial charge in [-0.25, -0.2) is 0 Å². The molecule has 2 heteroatoms. The lowest BCUT2D eigenvalue weighted by molar-refractivity contribution is 0.612. The highest BCUT2D eigenvalue weighted by atomic mass is 15.1. The zero-order valence-corrected chi connectivity index (χ0v) is 38.7. The minimum atomic E-state index is -0.369. The fourth-order valence-electron chi connectivity index (χ4n) is 12.0. The summed E-state index contributed by atoms with van der Waals surface area (Å²) in [5, 5.41) is 2.52. The van der Waals surface area contributed by atoms with E-state index in [0.29, 0.717) is 5.92 Å². The molecular weight excluding hydrogens is 833 g/mol.